The number of ether oxygens (including phenoxy) is 2. The molecule has 3 nitrogen and oxygen atoms in total. The molecule has 1 rings (SSSR count). The van der Waals surface area contributed by atoms with Gasteiger partial charge in [-0.05, 0) is 31.5 Å². The van der Waals surface area contributed by atoms with Gasteiger partial charge in [-0.25, -0.2) is 0 Å². The van der Waals surface area contributed by atoms with Crippen LogP contribution in [0.3, 0.4) is 0 Å². The lowest BCUT2D eigenvalue weighted by Crippen LogP contribution is -2.16. The smallest absolute Gasteiger partial charge is 0.166 e. The van der Waals surface area contributed by atoms with E-state index in [1.54, 1.807) is 7.11 Å². The lowest BCUT2D eigenvalue weighted by atomic mass is 10.1. The lowest BCUT2D eigenvalue weighted by Gasteiger charge is -2.16. The van der Waals surface area contributed by atoms with Crippen molar-refractivity contribution < 1.29 is 9.47 Å². The van der Waals surface area contributed by atoms with Gasteiger partial charge in [0.1, 0.15) is 0 Å². The molecular formula is C15H24BrNO2. The van der Waals surface area contributed by atoms with Crippen molar-refractivity contribution in [2.75, 3.05) is 20.3 Å². The minimum absolute atomic E-state index is 0.703. The Morgan fingerprint density at radius 3 is 2.63 bits per heavy atom. The van der Waals surface area contributed by atoms with Crippen molar-refractivity contribution in [3.8, 4) is 11.5 Å². The molecule has 1 aromatic rings. The molecule has 1 N–H and O–H groups in total. The zero-order valence-electron chi connectivity index (χ0n) is 12.1. The summed E-state index contributed by atoms with van der Waals surface area (Å²) < 4.78 is 12.3. The van der Waals surface area contributed by atoms with E-state index >= 15 is 0 Å². The second-order valence-corrected chi connectivity index (χ2v) is 5.29. The van der Waals surface area contributed by atoms with Crippen LogP contribution in [0.4, 0.5) is 0 Å². The highest BCUT2D eigenvalue weighted by Gasteiger charge is 2.14. The minimum atomic E-state index is 0.703. The molecule has 0 bridgehead atoms. The fourth-order valence-electron chi connectivity index (χ4n) is 1.79. The summed E-state index contributed by atoms with van der Waals surface area (Å²) in [6.07, 6.45) is 3.37. The van der Waals surface area contributed by atoms with Crippen molar-refractivity contribution in [1.82, 2.24) is 5.32 Å². The van der Waals surface area contributed by atoms with Crippen molar-refractivity contribution in [2.45, 2.75) is 39.7 Å². The molecule has 0 saturated carbocycles. The molecule has 0 aliphatic rings. The summed E-state index contributed by atoms with van der Waals surface area (Å²) in [6.45, 7) is 6.81. The third-order valence-electron chi connectivity index (χ3n) is 2.85. The molecule has 0 aliphatic carbocycles. The van der Waals surface area contributed by atoms with Gasteiger partial charge >= 0.3 is 0 Å². The van der Waals surface area contributed by atoms with Gasteiger partial charge < -0.3 is 14.8 Å². The average Bonchev–Trinajstić information content (AvgIpc) is 2.43. The second-order valence-electron chi connectivity index (χ2n) is 4.44. The highest BCUT2D eigenvalue weighted by atomic mass is 79.9. The van der Waals surface area contributed by atoms with Crippen LogP contribution >= 0.6 is 15.9 Å². The van der Waals surface area contributed by atoms with Gasteiger partial charge in [0.2, 0.25) is 0 Å². The Bertz CT molecular complexity index is 383. The fourth-order valence-corrected chi connectivity index (χ4v) is 2.24. The summed E-state index contributed by atoms with van der Waals surface area (Å²) in [5.74, 6) is 1.65. The van der Waals surface area contributed by atoms with Gasteiger partial charge in [-0.15, -0.1) is 0 Å². The van der Waals surface area contributed by atoms with E-state index in [-0.39, 0.29) is 0 Å². The van der Waals surface area contributed by atoms with E-state index in [2.05, 4.69) is 35.1 Å². The summed E-state index contributed by atoms with van der Waals surface area (Å²) in [4.78, 5) is 0. The number of hydrogen-bond acceptors (Lipinski definition) is 3. The van der Waals surface area contributed by atoms with Gasteiger partial charge in [0.25, 0.3) is 0 Å². The lowest BCUT2D eigenvalue weighted by molar-refractivity contribution is 0.290. The van der Waals surface area contributed by atoms with Gasteiger partial charge in [0.15, 0.2) is 11.5 Å². The first-order chi connectivity index (χ1) is 9.24. The molecule has 0 radical (unpaired) electrons. The topological polar surface area (TPSA) is 30.5 Å². The summed E-state index contributed by atoms with van der Waals surface area (Å²) in [6, 6.07) is 3.94. The molecule has 0 heterocycles. The summed E-state index contributed by atoms with van der Waals surface area (Å²) >= 11 is 3.60. The number of halogens is 1. The van der Waals surface area contributed by atoms with Gasteiger partial charge in [-0.3, -0.25) is 0 Å². The Balaban J connectivity index is 2.84. The zero-order chi connectivity index (χ0) is 14.1. The summed E-state index contributed by atoms with van der Waals surface area (Å²) in [7, 11) is 1.68. The van der Waals surface area contributed by atoms with E-state index in [1.165, 1.54) is 12.8 Å². The Hall–Kier alpha value is -0.740. The maximum atomic E-state index is 5.85. The third-order valence-corrected chi connectivity index (χ3v) is 3.59. The monoisotopic (exact) mass is 329 g/mol. The van der Waals surface area contributed by atoms with E-state index in [9.17, 15) is 0 Å². The van der Waals surface area contributed by atoms with Crippen molar-refractivity contribution in [2.24, 2.45) is 0 Å². The maximum absolute atomic E-state index is 5.85. The molecule has 0 aliphatic heterocycles. The number of benzene rings is 1. The number of rotatable bonds is 9. The minimum Gasteiger partial charge on any atom is -0.493 e. The van der Waals surface area contributed by atoms with Crippen LogP contribution < -0.4 is 14.8 Å². The highest BCUT2D eigenvalue weighted by Crippen LogP contribution is 2.36. The largest absolute Gasteiger partial charge is 0.493 e. The highest BCUT2D eigenvalue weighted by molar-refractivity contribution is 9.10. The van der Waals surface area contributed by atoms with Crippen LogP contribution in [0.25, 0.3) is 0 Å². The molecule has 0 aromatic heterocycles. The normalized spacial score (nSPS) is 10.5. The standard InChI is InChI=1S/C15H24BrNO2/c1-4-6-9-17-11-12-13(16)7-8-14(18-3)15(12)19-10-5-2/h7-8,17H,4-6,9-11H2,1-3H3. The van der Waals surface area contributed by atoms with E-state index in [1.807, 2.05) is 12.1 Å². The predicted molar refractivity (Wildman–Crippen MR) is 83.1 cm³/mol. The van der Waals surface area contributed by atoms with Crippen molar-refractivity contribution >= 4 is 15.9 Å². The van der Waals surface area contributed by atoms with Crippen LogP contribution in [-0.4, -0.2) is 20.3 Å². The van der Waals surface area contributed by atoms with Crippen LogP contribution in [0.1, 0.15) is 38.7 Å². The fraction of sp³-hybridized carbons (Fsp3) is 0.600. The van der Waals surface area contributed by atoms with Crippen LogP contribution in [0.5, 0.6) is 11.5 Å². The molecule has 19 heavy (non-hydrogen) atoms. The van der Waals surface area contributed by atoms with Gasteiger partial charge in [0, 0.05) is 16.6 Å². The first kappa shape index (κ1) is 16.3. The molecule has 0 fully saturated rings. The van der Waals surface area contributed by atoms with Gasteiger partial charge in [0.05, 0.1) is 13.7 Å². The van der Waals surface area contributed by atoms with Crippen LogP contribution in [0.2, 0.25) is 0 Å². The van der Waals surface area contributed by atoms with E-state index < -0.39 is 0 Å². The average molecular weight is 330 g/mol. The van der Waals surface area contributed by atoms with Crippen molar-refractivity contribution in [1.29, 1.82) is 0 Å². The van der Waals surface area contributed by atoms with E-state index in [0.717, 1.165) is 41.0 Å². The summed E-state index contributed by atoms with van der Waals surface area (Å²) in [5, 5.41) is 3.45. The van der Waals surface area contributed by atoms with E-state index in [4.69, 9.17) is 9.47 Å². The van der Waals surface area contributed by atoms with Gasteiger partial charge in [-0.2, -0.15) is 0 Å². The zero-order valence-corrected chi connectivity index (χ0v) is 13.7. The van der Waals surface area contributed by atoms with Crippen molar-refractivity contribution in [3.63, 3.8) is 0 Å². The first-order valence-electron chi connectivity index (χ1n) is 6.93. The Kier molecular flexibility index (Phi) is 7.91. The number of unbranched alkanes of at least 4 members (excludes halogenated alkanes) is 1. The molecule has 108 valence electrons. The third kappa shape index (κ3) is 5.03. The second kappa shape index (κ2) is 9.21. The Morgan fingerprint density at radius 1 is 1.21 bits per heavy atom. The molecule has 0 atom stereocenters. The molecular weight excluding hydrogens is 306 g/mol. The maximum Gasteiger partial charge on any atom is 0.166 e. The van der Waals surface area contributed by atoms with Gasteiger partial charge in [-0.1, -0.05) is 36.2 Å². The molecule has 0 unspecified atom stereocenters. The molecule has 0 amide bonds. The number of nitrogens with one attached hydrogen (secondary N) is 1. The van der Waals surface area contributed by atoms with Crippen LogP contribution in [0, 0.1) is 0 Å². The molecule has 4 heteroatoms. The van der Waals surface area contributed by atoms with Crippen LogP contribution in [-0.2, 0) is 6.54 Å². The SMILES string of the molecule is CCCCNCc1c(Br)ccc(OC)c1OCCC. The number of hydrogen-bond donors (Lipinski definition) is 1. The quantitative estimate of drug-likeness (QED) is 0.691. The number of methoxy groups -OCH3 is 1. The van der Waals surface area contributed by atoms with Crippen molar-refractivity contribution in [3.05, 3.63) is 22.2 Å². The summed E-state index contributed by atoms with van der Waals surface area (Å²) in [5.41, 5.74) is 1.13. The van der Waals surface area contributed by atoms with Crippen LogP contribution in [0.15, 0.2) is 16.6 Å². The molecule has 1 aromatic carbocycles. The predicted octanol–water partition coefficient (Wildman–Crippen LogP) is 4.14. The Morgan fingerprint density at radius 2 is 2.00 bits per heavy atom. The Labute approximate surface area is 124 Å². The first-order valence-corrected chi connectivity index (χ1v) is 7.72. The molecule has 0 saturated heterocycles. The van der Waals surface area contributed by atoms with E-state index in [0.29, 0.717) is 6.61 Å². The molecule has 0 spiro atoms.